The second kappa shape index (κ2) is 9.78. The van der Waals surface area contributed by atoms with Crippen LogP contribution in [0.3, 0.4) is 0 Å². The molecule has 3 heteroatoms. The molecule has 0 aliphatic heterocycles. The van der Waals surface area contributed by atoms with Crippen molar-refractivity contribution in [3.05, 3.63) is 23.5 Å². The van der Waals surface area contributed by atoms with Gasteiger partial charge in [-0.15, -0.1) is 0 Å². The van der Waals surface area contributed by atoms with Crippen molar-refractivity contribution in [3.63, 3.8) is 0 Å². The van der Waals surface area contributed by atoms with Crippen LogP contribution in [0.25, 0.3) is 0 Å². The van der Waals surface area contributed by atoms with E-state index in [0.29, 0.717) is 6.04 Å². The van der Waals surface area contributed by atoms with Crippen LogP contribution in [-0.4, -0.2) is 24.1 Å². The van der Waals surface area contributed by atoms with Crippen molar-refractivity contribution in [3.8, 4) is 0 Å². The van der Waals surface area contributed by atoms with Gasteiger partial charge in [0.25, 0.3) is 0 Å². The number of pyridine rings is 1. The third-order valence-electron chi connectivity index (χ3n) is 3.70. The predicted molar refractivity (Wildman–Crippen MR) is 93.0 cm³/mol. The Morgan fingerprint density at radius 3 is 2.29 bits per heavy atom. The van der Waals surface area contributed by atoms with E-state index in [2.05, 4.69) is 55.9 Å². The smallest absolute Gasteiger partial charge is 0.0445 e. The summed E-state index contributed by atoms with van der Waals surface area (Å²) in [5.41, 5.74) is 3.80. The van der Waals surface area contributed by atoms with Gasteiger partial charge in [0.05, 0.1) is 0 Å². The molecule has 0 saturated carbocycles. The Bertz CT molecular complexity index is 393. The summed E-state index contributed by atoms with van der Waals surface area (Å²) in [5, 5.41) is 3.52. The van der Waals surface area contributed by atoms with Crippen molar-refractivity contribution >= 4 is 5.69 Å². The molecule has 0 atom stereocenters. The van der Waals surface area contributed by atoms with Crippen molar-refractivity contribution in [1.82, 2.24) is 10.3 Å². The molecular formula is C18H33N3. The maximum absolute atomic E-state index is 4.49. The summed E-state index contributed by atoms with van der Waals surface area (Å²) >= 11 is 0. The molecule has 1 rings (SSSR count). The third-order valence-corrected chi connectivity index (χ3v) is 3.70. The molecular weight excluding hydrogens is 258 g/mol. The molecule has 1 heterocycles. The lowest BCUT2D eigenvalue weighted by Crippen LogP contribution is -2.29. The molecule has 21 heavy (non-hydrogen) atoms. The van der Waals surface area contributed by atoms with Crippen LogP contribution in [0.2, 0.25) is 0 Å². The van der Waals surface area contributed by atoms with Gasteiger partial charge in [0, 0.05) is 48.8 Å². The number of hydrogen-bond donors (Lipinski definition) is 1. The largest absolute Gasteiger partial charge is 0.371 e. The van der Waals surface area contributed by atoms with Crippen LogP contribution in [0.15, 0.2) is 12.3 Å². The number of nitrogens with zero attached hydrogens (tertiary/aromatic N) is 2. The van der Waals surface area contributed by atoms with Crippen molar-refractivity contribution in [2.45, 2.75) is 72.9 Å². The van der Waals surface area contributed by atoms with Gasteiger partial charge in [0.2, 0.25) is 0 Å². The number of aromatic nitrogens is 1. The molecule has 0 aromatic carbocycles. The summed E-state index contributed by atoms with van der Waals surface area (Å²) in [5.74, 6) is 0. The summed E-state index contributed by atoms with van der Waals surface area (Å²) in [7, 11) is 0. The van der Waals surface area contributed by atoms with Gasteiger partial charge in [0.1, 0.15) is 0 Å². The Balaban J connectivity index is 2.93. The number of hydrogen-bond acceptors (Lipinski definition) is 3. The number of rotatable bonds is 10. The van der Waals surface area contributed by atoms with Crippen molar-refractivity contribution < 1.29 is 0 Å². The maximum atomic E-state index is 4.49. The molecule has 1 aromatic rings. The lowest BCUT2D eigenvalue weighted by molar-refractivity contribution is 0.585. The Morgan fingerprint density at radius 1 is 1.14 bits per heavy atom. The van der Waals surface area contributed by atoms with E-state index in [9.17, 15) is 0 Å². The van der Waals surface area contributed by atoms with Crippen molar-refractivity contribution in [2.24, 2.45) is 0 Å². The van der Waals surface area contributed by atoms with E-state index >= 15 is 0 Å². The van der Waals surface area contributed by atoms with Crippen LogP contribution >= 0.6 is 0 Å². The van der Waals surface area contributed by atoms with Crippen LogP contribution in [-0.2, 0) is 6.54 Å². The predicted octanol–water partition coefficient (Wildman–Crippen LogP) is 4.29. The summed E-state index contributed by atoms with van der Waals surface area (Å²) in [6.45, 7) is 14.2. The Labute approximate surface area is 131 Å². The van der Waals surface area contributed by atoms with E-state index in [-0.39, 0.29) is 0 Å². The van der Waals surface area contributed by atoms with E-state index in [1.165, 1.54) is 36.9 Å². The average Bonchev–Trinajstić information content (AvgIpc) is 2.46. The van der Waals surface area contributed by atoms with E-state index in [1.807, 2.05) is 6.20 Å². The number of anilines is 1. The second-order valence-electron chi connectivity index (χ2n) is 6.18. The fourth-order valence-corrected chi connectivity index (χ4v) is 2.37. The highest BCUT2D eigenvalue weighted by atomic mass is 15.1. The lowest BCUT2D eigenvalue weighted by atomic mass is 10.1. The van der Waals surface area contributed by atoms with E-state index in [4.69, 9.17) is 0 Å². The first kappa shape index (κ1) is 18.0. The SMILES string of the molecule is CCCCN(CCCC)c1cc(C)ncc1CNC(C)C. The summed E-state index contributed by atoms with van der Waals surface area (Å²) in [6.07, 6.45) is 7.04. The Morgan fingerprint density at radius 2 is 1.76 bits per heavy atom. The van der Waals surface area contributed by atoms with E-state index in [1.54, 1.807) is 0 Å². The molecule has 0 spiro atoms. The first-order valence-corrected chi connectivity index (χ1v) is 8.52. The number of nitrogens with one attached hydrogen (secondary N) is 1. The third kappa shape index (κ3) is 6.47. The first-order valence-electron chi connectivity index (χ1n) is 8.52. The standard InChI is InChI=1S/C18H33N3/c1-6-8-10-21(11-9-7-2)18-12-16(5)20-14-17(18)13-19-15(3)4/h12,14-15,19H,6-11,13H2,1-5H3. The van der Waals surface area contributed by atoms with Gasteiger partial charge in [-0.2, -0.15) is 0 Å². The van der Waals surface area contributed by atoms with Gasteiger partial charge in [-0.25, -0.2) is 0 Å². The fourth-order valence-electron chi connectivity index (χ4n) is 2.37. The normalized spacial score (nSPS) is 11.1. The van der Waals surface area contributed by atoms with Gasteiger partial charge in [-0.05, 0) is 25.8 Å². The second-order valence-corrected chi connectivity index (χ2v) is 6.18. The Hall–Kier alpha value is -1.09. The highest BCUT2D eigenvalue weighted by molar-refractivity contribution is 5.53. The molecule has 0 aliphatic carbocycles. The highest BCUT2D eigenvalue weighted by Gasteiger charge is 2.12. The molecule has 0 radical (unpaired) electrons. The van der Waals surface area contributed by atoms with Gasteiger partial charge >= 0.3 is 0 Å². The quantitative estimate of drug-likeness (QED) is 0.697. The van der Waals surface area contributed by atoms with Crippen LogP contribution in [0, 0.1) is 6.92 Å². The molecule has 0 saturated heterocycles. The van der Waals surface area contributed by atoms with Gasteiger partial charge in [-0.1, -0.05) is 40.5 Å². The number of aryl methyl sites for hydroxylation is 1. The molecule has 0 aliphatic rings. The number of unbranched alkanes of at least 4 members (excludes halogenated alkanes) is 2. The molecule has 1 N–H and O–H groups in total. The Kier molecular flexibility index (Phi) is 8.36. The van der Waals surface area contributed by atoms with Gasteiger partial charge in [0.15, 0.2) is 0 Å². The first-order chi connectivity index (χ1) is 10.1. The zero-order valence-electron chi connectivity index (χ0n) is 14.6. The van der Waals surface area contributed by atoms with Gasteiger partial charge in [-0.3, -0.25) is 4.98 Å². The zero-order chi connectivity index (χ0) is 15.7. The van der Waals surface area contributed by atoms with E-state index in [0.717, 1.165) is 25.3 Å². The minimum Gasteiger partial charge on any atom is -0.371 e. The molecule has 1 aromatic heterocycles. The molecule has 0 bridgehead atoms. The zero-order valence-corrected chi connectivity index (χ0v) is 14.6. The fraction of sp³-hybridized carbons (Fsp3) is 0.722. The monoisotopic (exact) mass is 291 g/mol. The van der Waals surface area contributed by atoms with E-state index < -0.39 is 0 Å². The van der Waals surface area contributed by atoms with Crippen LogP contribution in [0.1, 0.15) is 64.6 Å². The molecule has 3 nitrogen and oxygen atoms in total. The average molecular weight is 291 g/mol. The molecule has 0 unspecified atom stereocenters. The maximum Gasteiger partial charge on any atom is 0.0445 e. The van der Waals surface area contributed by atoms with Gasteiger partial charge < -0.3 is 10.2 Å². The van der Waals surface area contributed by atoms with Crippen LogP contribution in [0.4, 0.5) is 5.69 Å². The summed E-state index contributed by atoms with van der Waals surface area (Å²) in [4.78, 5) is 7.05. The molecule has 0 amide bonds. The van der Waals surface area contributed by atoms with Crippen molar-refractivity contribution in [1.29, 1.82) is 0 Å². The summed E-state index contributed by atoms with van der Waals surface area (Å²) in [6, 6.07) is 2.75. The summed E-state index contributed by atoms with van der Waals surface area (Å²) < 4.78 is 0. The topological polar surface area (TPSA) is 28.2 Å². The minimum absolute atomic E-state index is 0.499. The molecule has 120 valence electrons. The van der Waals surface area contributed by atoms with Crippen LogP contribution < -0.4 is 10.2 Å². The highest BCUT2D eigenvalue weighted by Crippen LogP contribution is 2.22. The molecule has 0 fully saturated rings. The lowest BCUT2D eigenvalue weighted by Gasteiger charge is -2.27. The van der Waals surface area contributed by atoms with Crippen molar-refractivity contribution in [2.75, 3.05) is 18.0 Å². The van der Waals surface area contributed by atoms with Crippen LogP contribution in [0.5, 0.6) is 0 Å². The minimum atomic E-state index is 0.499.